The highest BCUT2D eigenvalue weighted by atomic mass is 32.2. The van der Waals surface area contributed by atoms with E-state index >= 15 is 0 Å². The van der Waals surface area contributed by atoms with Crippen molar-refractivity contribution in [2.45, 2.75) is 18.5 Å². The molecule has 0 aliphatic carbocycles. The SMILES string of the molecule is CS(=O)(=O)NC[C@@H]1C[CH]C(C(N)=O)N1CC(=O)Nc1ccc(-n2ccccc2=O)cc1F. The van der Waals surface area contributed by atoms with Crippen LogP contribution in [0.4, 0.5) is 10.1 Å². The van der Waals surface area contributed by atoms with Gasteiger partial charge in [0.25, 0.3) is 5.56 Å². The second-order valence-corrected chi connectivity index (χ2v) is 9.22. The molecule has 2 atom stereocenters. The van der Waals surface area contributed by atoms with Gasteiger partial charge in [0, 0.05) is 30.9 Å². The minimum absolute atomic E-state index is 0.0126. The van der Waals surface area contributed by atoms with E-state index in [9.17, 15) is 27.2 Å². The standard InChI is InChI=1S/C20H23FN5O5S/c1-32(30,31)23-11-14-6-8-17(20(22)29)26(14)12-18(27)24-16-7-5-13(10-15(16)21)25-9-3-2-4-19(25)28/h2-5,7-10,14,17,23H,6,11-12H2,1H3,(H2,22,29)(H,24,27)/t14-,17?/m0/s1. The molecule has 1 radical (unpaired) electrons. The van der Waals surface area contributed by atoms with Gasteiger partial charge in [0.2, 0.25) is 21.8 Å². The van der Waals surface area contributed by atoms with Crippen molar-refractivity contribution >= 4 is 27.5 Å². The minimum Gasteiger partial charge on any atom is -0.368 e. The molecule has 0 spiro atoms. The first-order valence-electron chi connectivity index (χ1n) is 9.65. The van der Waals surface area contributed by atoms with Gasteiger partial charge in [0.15, 0.2) is 0 Å². The Morgan fingerprint density at radius 1 is 1.25 bits per heavy atom. The van der Waals surface area contributed by atoms with Gasteiger partial charge < -0.3 is 11.1 Å². The second kappa shape index (κ2) is 9.59. The number of halogens is 1. The number of carbonyl (C=O) groups is 2. The van der Waals surface area contributed by atoms with Crippen molar-refractivity contribution < 1.29 is 22.4 Å². The van der Waals surface area contributed by atoms with Crippen LogP contribution in [0.15, 0.2) is 47.4 Å². The van der Waals surface area contributed by atoms with Gasteiger partial charge in [-0.15, -0.1) is 0 Å². The molecule has 4 N–H and O–H groups in total. The average molecular weight is 464 g/mol. The fourth-order valence-electron chi connectivity index (χ4n) is 3.49. The van der Waals surface area contributed by atoms with Crippen molar-refractivity contribution in [3.8, 4) is 5.69 Å². The molecule has 171 valence electrons. The Balaban J connectivity index is 1.72. The minimum atomic E-state index is -3.47. The number of primary amides is 1. The molecule has 1 saturated heterocycles. The normalized spacial score (nSPS) is 19.1. The summed E-state index contributed by atoms with van der Waals surface area (Å²) in [6.45, 7) is -0.319. The summed E-state index contributed by atoms with van der Waals surface area (Å²) in [5.41, 5.74) is 5.25. The molecule has 2 aromatic rings. The molecule has 3 rings (SSSR count). The number of amides is 2. The van der Waals surface area contributed by atoms with E-state index in [0.717, 1.165) is 12.3 Å². The number of sulfonamides is 1. The second-order valence-electron chi connectivity index (χ2n) is 7.39. The summed E-state index contributed by atoms with van der Waals surface area (Å²) in [6, 6.07) is 7.14. The zero-order valence-corrected chi connectivity index (χ0v) is 18.0. The van der Waals surface area contributed by atoms with Crippen LogP contribution in [-0.2, 0) is 19.6 Å². The van der Waals surface area contributed by atoms with E-state index in [1.54, 1.807) is 18.6 Å². The maximum atomic E-state index is 14.6. The lowest BCUT2D eigenvalue weighted by molar-refractivity contribution is -0.123. The lowest BCUT2D eigenvalue weighted by atomic mass is 10.2. The monoisotopic (exact) mass is 464 g/mol. The molecular formula is C20H23FN5O5S. The number of nitrogens with zero attached hydrogens (tertiary/aromatic N) is 2. The summed E-state index contributed by atoms with van der Waals surface area (Å²) in [5, 5.41) is 2.44. The Bertz CT molecular complexity index is 1180. The van der Waals surface area contributed by atoms with Crippen LogP contribution in [0, 0.1) is 12.2 Å². The highest BCUT2D eigenvalue weighted by Crippen LogP contribution is 2.23. The zero-order chi connectivity index (χ0) is 23.5. The first kappa shape index (κ1) is 23.6. The number of nitrogens with one attached hydrogen (secondary N) is 2. The number of benzene rings is 1. The summed E-state index contributed by atoms with van der Waals surface area (Å²) >= 11 is 0. The van der Waals surface area contributed by atoms with Crippen molar-refractivity contribution in [2.75, 3.05) is 24.7 Å². The highest BCUT2D eigenvalue weighted by molar-refractivity contribution is 7.88. The Morgan fingerprint density at radius 3 is 2.62 bits per heavy atom. The maximum Gasteiger partial charge on any atom is 0.255 e. The van der Waals surface area contributed by atoms with Crippen LogP contribution in [0.5, 0.6) is 0 Å². The van der Waals surface area contributed by atoms with Crippen molar-refractivity contribution in [3.05, 3.63) is 65.2 Å². The summed E-state index contributed by atoms with van der Waals surface area (Å²) in [6.07, 6.45) is 4.45. The van der Waals surface area contributed by atoms with E-state index in [1.165, 1.54) is 33.9 Å². The van der Waals surface area contributed by atoms with Gasteiger partial charge in [-0.1, -0.05) is 6.07 Å². The number of anilines is 1. The quantitative estimate of drug-likeness (QED) is 0.485. The number of aromatic nitrogens is 1. The van der Waals surface area contributed by atoms with Crippen LogP contribution in [0.1, 0.15) is 6.42 Å². The first-order valence-corrected chi connectivity index (χ1v) is 11.5. The van der Waals surface area contributed by atoms with Crippen molar-refractivity contribution in [1.29, 1.82) is 0 Å². The molecule has 0 bridgehead atoms. The van der Waals surface area contributed by atoms with Crippen LogP contribution in [0.2, 0.25) is 0 Å². The van der Waals surface area contributed by atoms with Crippen LogP contribution in [0.3, 0.4) is 0 Å². The Kier molecular flexibility index (Phi) is 7.06. The maximum absolute atomic E-state index is 14.6. The molecular weight excluding hydrogens is 441 g/mol. The van der Waals surface area contributed by atoms with Gasteiger partial charge in [-0.05, 0) is 31.0 Å². The van der Waals surface area contributed by atoms with E-state index in [2.05, 4.69) is 10.0 Å². The zero-order valence-electron chi connectivity index (χ0n) is 17.2. The molecule has 32 heavy (non-hydrogen) atoms. The lowest BCUT2D eigenvalue weighted by Gasteiger charge is -2.27. The van der Waals surface area contributed by atoms with E-state index in [1.807, 2.05) is 0 Å². The summed E-state index contributed by atoms with van der Waals surface area (Å²) in [4.78, 5) is 37.7. The molecule has 2 heterocycles. The van der Waals surface area contributed by atoms with Crippen molar-refractivity contribution in [2.24, 2.45) is 5.73 Å². The fourth-order valence-corrected chi connectivity index (χ4v) is 3.99. The molecule has 1 unspecified atom stereocenters. The summed E-state index contributed by atoms with van der Waals surface area (Å²) < 4.78 is 41.0. The molecule has 1 aromatic carbocycles. The van der Waals surface area contributed by atoms with Crippen LogP contribution >= 0.6 is 0 Å². The number of likely N-dealkylation sites (tertiary alicyclic amines) is 1. The van der Waals surface area contributed by atoms with Crippen molar-refractivity contribution in [3.63, 3.8) is 0 Å². The Morgan fingerprint density at radius 2 is 2.00 bits per heavy atom. The van der Waals surface area contributed by atoms with Crippen molar-refractivity contribution in [1.82, 2.24) is 14.2 Å². The van der Waals surface area contributed by atoms with Gasteiger partial charge in [0.1, 0.15) is 5.82 Å². The third kappa shape index (κ3) is 5.78. The summed E-state index contributed by atoms with van der Waals surface area (Å²) in [5.74, 6) is -2.04. The van der Waals surface area contributed by atoms with E-state index < -0.39 is 39.7 Å². The number of hydrogen-bond acceptors (Lipinski definition) is 6. The van der Waals surface area contributed by atoms with Crippen LogP contribution < -0.4 is 21.3 Å². The Hall–Kier alpha value is -3.09. The summed E-state index contributed by atoms with van der Waals surface area (Å²) in [7, 11) is -3.47. The van der Waals surface area contributed by atoms with Gasteiger partial charge in [-0.2, -0.15) is 0 Å². The van der Waals surface area contributed by atoms with Crippen LogP contribution in [-0.4, -0.2) is 61.1 Å². The fraction of sp³-hybridized carbons (Fsp3) is 0.300. The van der Waals surface area contributed by atoms with Crippen LogP contribution in [0.25, 0.3) is 5.69 Å². The smallest absolute Gasteiger partial charge is 0.255 e. The van der Waals surface area contributed by atoms with E-state index in [4.69, 9.17) is 5.73 Å². The average Bonchev–Trinajstić information content (AvgIpc) is 3.10. The van der Waals surface area contributed by atoms with E-state index in [0.29, 0.717) is 12.1 Å². The highest BCUT2D eigenvalue weighted by Gasteiger charge is 2.38. The lowest BCUT2D eigenvalue weighted by Crippen LogP contribution is -2.50. The molecule has 12 heteroatoms. The molecule has 1 aliphatic rings. The molecule has 10 nitrogen and oxygen atoms in total. The number of nitrogens with two attached hydrogens (primary N) is 1. The third-order valence-electron chi connectivity index (χ3n) is 4.98. The molecule has 2 amide bonds. The topological polar surface area (TPSA) is 144 Å². The number of rotatable bonds is 8. The largest absolute Gasteiger partial charge is 0.368 e. The first-order chi connectivity index (χ1) is 15.0. The Labute approximate surface area is 184 Å². The van der Waals surface area contributed by atoms with Gasteiger partial charge in [-0.25, -0.2) is 17.5 Å². The van der Waals surface area contributed by atoms with E-state index in [-0.39, 0.29) is 24.3 Å². The predicted molar refractivity (Wildman–Crippen MR) is 116 cm³/mol. The predicted octanol–water partition coefficient (Wildman–Crippen LogP) is -0.403. The number of hydrogen-bond donors (Lipinski definition) is 3. The van der Waals surface area contributed by atoms with Gasteiger partial charge in [-0.3, -0.25) is 23.9 Å². The van der Waals surface area contributed by atoms with Gasteiger partial charge in [0.05, 0.1) is 30.2 Å². The molecule has 0 saturated carbocycles. The number of pyridine rings is 1. The molecule has 1 fully saturated rings. The number of carbonyl (C=O) groups excluding carboxylic acids is 2. The molecule has 1 aromatic heterocycles. The molecule has 1 aliphatic heterocycles. The third-order valence-corrected chi connectivity index (χ3v) is 5.68. The van der Waals surface area contributed by atoms with Gasteiger partial charge >= 0.3 is 0 Å².